The van der Waals surface area contributed by atoms with E-state index in [9.17, 15) is 9.18 Å². The number of carbonyl (C=O) groups is 1. The third kappa shape index (κ3) is 2.05. The highest BCUT2D eigenvalue weighted by Gasteiger charge is 2.23. The number of nitrogens with two attached hydrogens (primary N) is 1. The Balaban J connectivity index is 1.85. The Morgan fingerprint density at radius 1 is 1.37 bits per heavy atom. The first-order valence-corrected chi connectivity index (χ1v) is 5.99. The highest BCUT2D eigenvalue weighted by atomic mass is 19.1. The molecular weight excluding hydrogens is 247 g/mol. The van der Waals surface area contributed by atoms with Crippen molar-refractivity contribution in [3.63, 3.8) is 0 Å². The van der Waals surface area contributed by atoms with E-state index in [2.05, 4.69) is 4.98 Å². The molecule has 2 heterocycles. The lowest BCUT2D eigenvalue weighted by Gasteiger charge is -2.28. The molecule has 0 radical (unpaired) electrons. The van der Waals surface area contributed by atoms with Gasteiger partial charge in [0.25, 0.3) is 5.91 Å². The molecule has 6 heteroatoms. The molecule has 3 rings (SSSR count). The molecule has 1 amide bonds. The first-order valence-electron chi connectivity index (χ1n) is 5.99. The highest BCUT2D eigenvalue weighted by molar-refractivity contribution is 5.99. The van der Waals surface area contributed by atoms with E-state index in [-0.39, 0.29) is 11.6 Å². The van der Waals surface area contributed by atoms with Gasteiger partial charge < -0.3 is 15.2 Å². The number of imidazole rings is 1. The topological polar surface area (TPSA) is 64.2 Å². The summed E-state index contributed by atoms with van der Waals surface area (Å²) in [5.41, 5.74) is 6.20. The number of rotatable bonds is 1. The zero-order valence-corrected chi connectivity index (χ0v) is 10.2. The summed E-state index contributed by atoms with van der Waals surface area (Å²) in [7, 11) is 0. The van der Waals surface area contributed by atoms with Crippen molar-refractivity contribution in [2.45, 2.75) is 13.1 Å². The van der Waals surface area contributed by atoms with Crippen LogP contribution in [0.4, 0.5) is 10.1 Å². The van der Waals surface area contributed by atoms with Gasteiger partial charge in [-0.05, 0) is 18.2 Å². The van der Waals surface area contributed by atoms with Gasteiger partial charge >= 0.3 is 0 Å². The van der Waals surface area contributed by atoms with Crippen LogP contribution in [0.1, 0.15) is 16.2 Å². The number of benzene rings is 1. The molecule has 98 valence electrons. The molecule has 0 spiro atoms. The number of anilines is 1. The van der Waals surface area contributed by atoms with Gasteiger partial charge in [-0.25, -0.2) is 9.37 Å². The van der Waals surface area contributed by atoms with E-state index in [1.165, 1.54) is 12.1 Å². The molecule has 0 saturated carbocycles. The standard InChI is InChI=1S/C13H13FN4O/c14-9-1-2-10(11(15)7-9)13(19)18-6-5-17-4-3-16-12(17)8-18/h1-4,7H,5-6,8,15H2. The number of fused-ring (bicyclic) bond motifs is 1. The quantitative estimate of drug-likeness (QED) is 0.785. The minimum absolute atomic E-state index is 0.166. The minimum atomic E-state index is -0.441. The molecule has 0 bridgehead atoms. The zero-order valence-electron chi connectivity index (χ0n) is 10.2. The Labute approximate surface area is 109 Å². The molecule has 0 fully saturated rings. The molecule has 1 aromatic carbocycles. The van der Waals surface area contributed by atoms with E-state index in [1.807, 2.05) is 10.8 Å². The fourth-order valence-corrected chi connectivity index (χ4v) is 2.25. The van der Waals surface area contributed by atoms with Gasteiger partial charge in [-0.2, -0.15) is 0 Å². The minimum Gasteiger partial charge on any atom is -0.398 e. The molecule has 0 saturated heterocycles. The Morgan fingerprint density at radius 2 is 2.21 bits per heavy atom. The second kappa shape index (κ2) is 4.38. The lowest BCUT2D eigenvalue weighted by molar-refractivity contribution is 0.0708. The molecular formula is C13H13FN4O. The molecule has 1 aromatic heterocycles. The third-order valence-corrected chi connectivity index (χ3v) is 3.28. The number of aromatic nitrogens is 2. The van der Waals surface area contributed by atoms with Gasteiger partial charge in [0.1, 0.15) is 11.6 Å². The lowest BCUT2D eigenvalue weighted by Crippen LogP contribution is -2.38. The summed E-state index contributed by atoms with van der Waals surface area (Å²) in [6, 6.07) is 3.83. The Kier molecular flexibility index (Phi) is 2.70. The maximum Gasteiger partial charge on any atom is 0.256 e. The van der Waals surface area contributed by atoms with Crippen molar-refractivity contribution >= 4 is 11.6 Å². The van der Waals surface area contributed by atoms with Crippen molar-refractivity contribution in [2.75, 3.05) is 12.3 Å². The summed E-state index contributed by atoms with van der Waals surface area (Å²) in [5, 5.41) is 0. The maximum absolute atomic E-state index is 13.0. The van der Waals surface area contributed by atoms with Gasteiger partial charge in [0.05, 0.1) is 12.1 Å². The van der Waals surface area contributed by atoms with Crippen molar-refractivity contribution in [3.8, 4) is 0 Å². The Bertz CT molecular complexity index is 637. The number of carbonyl (C=O) groups excluding carboxylic acids is 1. The fourth-order valence-electron chi connectivity index (χ4n) is 2.25. The van der Waals surface area contributed by atoms with Crippen molar-refractivity contribution in [2.24, 2.45) is 0 Å². The number of nitrogen functional groups attached to an aromatic ring is 1. The van der Waals surface area contributed by atoms with Gasteiger partial charge in [0.15, 0.2) is 0 Å². The van der Waals surface area contributed by atoms with Crippen LogP contribution >= 0.6 is 0 Å². The van der Waals surface area contributed by atoms with Crippen molar-refractivity contribution in [3.05, 3.63) is 47.8 Å². The average molecular weight is 260 g/mol. The summed E-state index contributed by atoms with van der Waals surface area (Å²) < 4.78 is 15.0. The summed E-state index contributed by atoms with van der Waals surface area (Å²) in [6.07, 6.45) is 3.61. The number of nitrogens with zero attached hydrogens (tertiary/aromatic N) is 3. The largest absolute Gasteiger partial charge is 0.398 e. The predicted octanol–water partition coefficient (Wildman–Crippen LogP) is 1.26. The van der Waals surface area contributed by atoms with Crippen LogP contribution < -0.4 is 5.73 Å². The molecule has 0 unspecified atom stereocenters. The monoisotopic (exact) mass is 260 g/mol. The molecule has 1 aliphatic rings. The van der Waals surface area contributed by atoms with E-state index in [1.54, 1.807) is 11.1 Å². The Hall–Kier alpha value is -2.37. The Morgan fingerprint density at radius 3 is 3.00 bits per heavy atom. The van der Waals surface area contributed by atoms with E-state index in [0.29, 0.717) is 25.2 Å². The second-order valence-electron chi connectivity index (χ2n) is 4.50. The summed E-state index contributed by atoms with van der Waals surface area (Å²) in [6.45, 7) is 1.75. The fraction of sp³-hybridized carbons (Fsp3) is 0.231. The molecule has 5 nitrogen and oxygen atoms in total. The van der Waals surface area contributed by atoms with Crippen LogP contribution in [-0.4, -0.2) is 26.9 Å². The smallest absolute Gasteiger partial charge is 0.256 e. The van der Waals surface area contributed by atoms with Crippen LogP contribution in [-0.2, 0) is 13.1 Å². The lowest BCUT2D eigenvalue weighted by atomic mass is 10.1. The van der Waals surface area contributed by atoms with E-state index in [0.717, 1.165) is 11.9 Å². The molecule has 19 heavy (non-hydrogen) atoms. The molecule has 2 N–H and O–H groups in total. The normalized spacial score (nSPS) is 14.3. The van der Waals surface area contributed by atoms with Crippen LogP contribution in [0.5, 0.6) is 0 Å². The van der Waals surface area contributed by atoms with E-state index < -0.39 is 5.82 Å². The third-order valence-electron chi connectivity index (χ3n) is 3.28. The first kappa shape index (κ1) is 11.7. The van der Waals surface area contributed by atoms with E-state index in [4.69, 9.17) is 5.73 Å². The van der Waals surface area contributed by atoms with Gasteiger partial charge in [-0.3, -0.25) is 4.79 Å². The van der Waals surface area contributed by atoms with Crippen molar-refractivity contribution in [1.82, 2.24) is 14.5 Å². The number of halogens is 1. The van der Waals surface area contributed by atoms with Gasteiger partial charge in [-0.1, -0.05) is 0 Å². The van der Waals surface area contributed by atoms with Gasteiger partial charge in [-0.15, -0.1) is 0 Å². The number of hydrogen-bond donors (Lipinski definition) is 1. The van der Waals surface area contributed by atoms with E-state index >= 15 is 0 Å². The molecule has 0 atom stereocenters. The van der Waals surface area contributed by atoms with Crippen LogP contribution in [0.2, 0.25) is 0 Å². The maximum atomic E-state index is 13.0. The van der Waals surface area contributed by atoms with Crippen LogP contribution in [0.25, 0.3) is 0 Å². The van der Waals surface area contributed by atoms with Gasteiger partial charge in [0, 0.05) is 31.2 Å². The first-order chi connectivity index (χ1) is 9.15. The van der Waals surface area contributed by atoms with Gasteiger partial charge in [0.2, 0.25) is 0 Å². The zero-order chi connectivity index (χ0) is 13.4. The summed E-state index contributed by atoms with van der Waals surface area (Å²) in [4.78, 5) is 18.2. The van der Waals surface area contributed by atoms with Crippen LogP contribution in [0.15, 0.2) is 30.6 Å². The van der Waals surface area contributed by atoms with Crippen LogP contribution in [0.3, 0.4) is 0 Å². The molecule has 2 aromatic rings. The molecule has 1 aliphatic heterocycles. The number of hydrogen-bond acceptors (Lipinski definition) is 3. The second-order valence-corrected chi connectivity index (χ2v) is 4.50. The number of amides is 1. The predicted molar refractivity (Wildman–Crippen MR) is 67.8 cm³/mol. The highest BCUT2D eigenvalue weighted by Crippen LogP contribution is 2.19. The van der Waals surface area contributed by atoms with Crippen LogP contribution in [0, 0.1) is 5.82 Å². The average Bonchev–Trinajstić information content (AvgIpc) is 2.85. The van der Waals surface area contributed by atoms with Crippen molar-refractivity contribution < 1.29 is 9.18 Å². The summed E-state index contributed by atoms with van der Waals surface area (Å²) >= 11 is 0. The molecule has 0 aliphatic carbocycles. The SMILES string of the molecule is Nc1cc(F)ccc1C(=O)N1CCn2ccnc2C1. The van der Waals surface area contributed by atoms with Crippen molar-refractivity contribution in [1.29, 1.82) is 0 Å². The summed E-state index contributed by atoms with van der Waals surface area (Å²) in [5.74, 6) is 0.218.